The summed E-state index contributed by atoms with van der Waals surface area (Å²) in [5.74, 6) is -0.893. The molecule has 2 unspecified atom stereocenters. The monoisotopic (exact) mass is 456 g/mol. The summed E-state index contributed by atoms with van der Waals surface area (Å²) in [5.41, 5.74) is 1.37. The predicted octanol–water partition coefficient (Wildman–Crippen LogP) is 5.00. The van der Waals surface area contributed by atoms with Crippen LogP contribution in [-0.2, 0) is 0 Å². The van der Waals surface area contributed by atoms with Gasteiger partial charge in [0.25, 0.3) is 0 Å². The van der Waals surface area contributed by atoms with Crippen molar-refractivity contribution in [3.05, 3.63) is 76.1 Å². The van der Waals surface area contributed by atoms with Crippen LogP contribution in [0.5, 0.6) is 5.75 Å². The minimum atomic E-state index is -0.570. The van der Waals surface area contributed by atoms with Crippen LogP contribution in [0, 0.1) is 5.92 Å². The number of piperidine rings is 1. The van der Waals surface area contributed by atoms with Crippen LogP contribution in [-0.4, -0.2) is 40.6 Å². The number of hydrogen-bond acceptors (Lipinski definition) is 6. The topological polar surface area (TPSA) is 86.3 Å². The number of halogens is 1. The minimum absolute atomic E-state index is 0. The number of oxime groups is 1. The molecule has 4 rings (SSSR count). The lowest BCUT2D eigenvalue weighted by Crippen LogP contribution is -2.39. The highest BCUT2D eigenvalue weighted by atomic mass is 35.5. The van der Waals surface area contributed by atoms with Gasteiger partial charge in [-0.15, -0.1) is 12.4 Å². The predicted molar refractivity (Wildman–Crippen MR) is 128 cm³/mol. The molecule has 3 aromatic rings. The van der Waals surface area contributed by atoms with Gasteiger partial charge in [-0.25, -0.2) is 4.79 Å². The summed E-state index contributed by atoms with van der Waals surface area (Å²) >= 11 is 0. The maximum atomic E-state index is 13.1. The SMILES string of the molecule is C/C(=N\O)C(CN1CCCCC1)C(c1ccccc1)c1c(O)c2ccccc2oc1=O.Cl. The van der Waals surface area contributed by atoms with Crippen LogP contribution in [0.4, 0.5) is 0 Å². The normalized spacial score (nSPS) is 17.0. The number of para-hydroxylation sites is 1. The first kappa shape index (κ1) is 23.8. The van der Waals surface area contributed by atoms with Gasteiger partial charge in [-0.3, -0.25) is 0 Å². The fourth-order valence-corrected chi connectivity index (χ4v) is 4.66. The summed E-state index contributed by atoms with van der Waals surface area (Å²) < 4.78 is 5.60. The highest BCUT2D eigenvalue weighted by Gasteiger charge is 2.35. The molecule has 1 saturated heterocycles. The first-order valence-electron chi connectivity index (χ1n) is 10.8. The molecule has 170 valence electrons. The molecule has 7 heteroatoms. The first-order valence-corrected chi connectivity index (χ1v) is 10.8. The Morgan fingerprint density at radius 2 is 1.72 bits per heavy atom. The Morgan fingerprint density at radius 3 is 2.41 bits per heavy atom. The van der Waals surface area contributed by atoms with E-state index in [0.717, 1.165) is 31.5 Å². The Morgan fingerprint density at radius 1 is 1.06 bits per heavy atom. The molecule has 2 heterocycles. The van der Waals surface area contributed by atoms with Gasteiger partial charge in [0.2, 0.25) is 0 Å². The van der Waals surface area contributed by atoms with Crippen molar-refractivity contribution in [2.45, 2.75) is 32.1 Å². The van der Waals surface area contributed by atoms with Crippen molar-refractivity contribution >= 4 is 29.1 Å². The van der Waals surface area contributed by atoms with E-state index in [-0.39, 0.29) is 29.6 Å². The van der Waals surface area contributed by atoms with Gasteiger partial charge < -0.3 is 19.6 Å². The molecule has 0 radical (unpaired) electrons. The average Bonchev–Trinajstić information content (AvgIpc) is 2.81. The zero-order chi connectivity index (χ0) is 21.8. The summed E-state index contributed by atoms with van der Waals surface area (Å²) in [6.45, 7) is 4.33. The lowest BCUT2D eigenvalue weighted by atomic mass is 9.78. The third kappa shape index (κ3) is 4.81. The van der Waals surface area contributed by atoms with Gasteiger partial charge >= 0.3 is 5.63 Å². The van der Waals surface area contributed by atoms with Gasteiger partial charge in [-0.2, -0.15) is 0 Å². The molecule has 0 bridgehead atoms. The van der Waals surface area contributed by atoms with Gasteiger partial charge in [0, 0.05) is 18.4 Å². The van der Waals surface area contributed by atoms with E-state index in [1.54, 1.807) is 31.2 Å². The van der Waals surface area contributed by atoms with E-state index in [1.807, 2.05) is 30.3 Å². The molecule has 0 saturated carbocycles. The standard InChI is InChI=1S/C25H28N2O4.ClH/c1-17(26-30)20(16-27-14-8-3-9-15-27)22(18-10-4-2-5-11-18)23-24(28)19-12-6-7-13-21(19)31-25(23)29;/h2,4-7,10-13,20,22,28,30H,3,8-9,14-16H2,1H3;1H/b26-17+;. The zero-order valence-corrected chi connectivity index (χ0v) is 18.9. The van der Waals surface area contributed by atoms with Crippen molar-refractivity contribution in [3.8, 4) is 5.75 Å². The molecule has 1 aliphatic heterocycles. The quantitative estimate of drug-likeness (QED) is 0.236. The molecular formula is C25H29ClN2O4. The van der Waals surface area contributed by atoms with Crippen LogP contribution >= 0.6 is 12.4 Å². The molecule has 6 nitrogen and oxygen atoms in total. The van der Waals surface area contributed by atoms with E-state index in [0.29, 0.717) is 23.2 Å². The van der Waals surface area contributed by atoms with E-state index in [1.165, 1.54) is 6.42 Å². The van der Waals surface area contributed by atoms with Gasteiger partial charge in [-0.05, 0) is 50.6 Å². The summed E-state index contributed by atoms with van der Waals surface area (Å²) in [5, 5.41) is 24.9. The van der Waals surface area contributed by atoms with Gasteiger partial charge in [0.15, 0.2) is 0 Å². The Hall–Kier alpha value is -2.83. The van der Waals surface area contributed by atoms with Crippen LogP contribution in [0.15, 0.2) is 69.0 Å². The highest BCUT2D eigenvalue weighted by Crippen LogP contribution is 2.39. The number of aromatic hydroxyl groups is 1. The van der Waals surface area contributed by atoms with Crippen LogP contribution < -0.4 is 5.63 Å². The fourth-order valence-electron chi connectivity index (χ4n) is 4.66. The molecule has 0 aliphatic carbocycles. The molecule has 1 fully saturated rings. The van der Waals surface area contributed by atoms with Crippen molar-refractivity contribution in [2.75, 3.05) is 19.6 Å². The molecule has 2 N–H and O–H groups in total. The Balaban J connectivity index is 0.00000289. The third-order valence-electron chi connectivity index (χ3n) is 6.29. The zero-order valence-electron chi connectivity index (χ0n) is 18.1. The molecule has 32 heavy (non-hydrogen) atoms. The summed E-state index contributed by atoms with van der Waals surface area (Å²) in [7, 11) is 0. The van der Waals surface area contributed by atoms with Crippen molar-refractivity contribution in [2.24, 2.45) is 11.1 Å². The lowest BCUT2D eigenvalue weighted by molar-refractivity contribution is 0.204. The number of benzene rings is 2. The van der Waals surface area contributed by atoms with Crippen LogP contribution in [0.3, 0.4) is 0 Å². The van der Waals surface area contributed by atoms with Crippen molar-refractivity contribution in [1.29, 1.82) is 0 Å². The molecule has 0 spiro atoms. The van der Waals surface area contributed by atoms with E-state index >= 15 is 0 Å². The van der Waals surface area contributed by atoms with E-state index in [9.17, 15) is 15.1 Å². The summed E-state index contributed by atoms with van der Waals surface area (Å²) in [6.07, 6.45) is 3.47. The number of fused-ring (bicyclic) bond motifs is 1. The van der Waals surface area contributed by atoms with Crippen LogP contribution in [0.1, 0.15) is 43.2 Å². The lowest BCUT2D eigenvalue weighted by Gasteiger charge is -2.34. The molecule has 2 atom stereocenters. The highest BCUT2D eigenvalue weighted by molar-refractivity contribution is 5.88. The molecule has 1 aromatic heterocycles. The maximum absolute atomic E-state index is 13.1. The second-order valence-electron chi connectivity index (χ2n) is 8.25. The van der Waals surface area contributed by atoms with E-state index < -0.39 is 11.5 Å². The molecule has 2 aromatic carbocycles. The van der Waals surface area contributed by atoms with Gasteiger partial charge in [0.05, 0.1) is 16.7 Å². The van der Waals surface area contributed by atoms with Crippen molar-refractivity contribution in [1.82, 2.24) is 4.90 Å². The van der Waals surface area contributed by atoms with Crippen LogP contribution in [0.2, 0.25) is 0 Å². The average molecular weight is 457 g/mol. The third-order valence-corrected chi connectivity index (χ3v) is 6.29. The van der Waals surface area contributed by atoms with E-state index in [2.05, 4.69) is 10.1 Å². The molecule has 1 aliphatic rings. The van der Waals surface area contributed by atoms with Gasteiger partial charge in [0.1, 0.15) is 11.3 Å². The fraction of sp³-hybridized carbons (Fsp3) is 0.360. The number of likely N-dealkylation sites (tertiary alicyclic amines) is 1. The maximum Gasteiger partial charge on any atom is 0.343 e. The van der Waals surface area contributed by atoms with Crippen LogP contribution in [0.25, 0.3) is 11.0 Å². The smallest absolute Gasteiger partial charge is 0.343 e. The first-order chi connectivity index (χ1) is 15.1. The Bertz CT molecular complexity index is 1120. The number of hydrogen-bond donors (Lipinski definition) is 2. The largest absolute Gasteiger partial charge is 0.507 e. The van der Waals surface area contributed by atoms with Crippen molar-refractivity contribution in [3.63, 3.8) is 0 Å². The minimum Gasteiger partial charge on any atom is -0.507 e. The molecule has 0 amide bonds. The Labute approximate surface area is 193 Å². The van der Waals surface area contributed by atoms with E-state index in [4.69, 9.17) is 4.42 Å². The number of rotatable bonds is 6. The Kier molecular flexibility index (Phi) is 7.94. The summed E-state index contributed by atoms with van der Waals surface area (Å²) in [6, 6.07) is 16.6. The molecular weight excluding hydrogens is 428 g/mol. The summed E-state index contributed by atoms with van der Waals surface area (Å²) in [4.78, 5) is 15.5. The second kappa shape index (κ2) is 10.7. The van der Waals surface area contributed by atoms with Crippen molar-refractivity contribution < 1.29 is 14.7 Å². The number of nitrogens with zero attached hydrogens (tertiary/aromatic N) is 2. The van der Waals surface area contributed by atoms with Gasteiger partial charge in [-0.1, -0.05) is 54.0 Å². The second-order valence-corrected chi connectivity index (χ2v) is 8.25.